The molecule has 1 aromatic rings. The summed E-state index contributed by atoms with van der Waals surface area (Å²) in [6.07, 6.45) is -4.57. The lowest BCUT2D eigenvalue weighted by molar-refractivity contribution is -0.157. The summed E-state index contributed by atoms with van der Waals surface area (Å²) in [4.78, 5) is 0. The SMILES string of the molecule is CC(C)NCc1nnc(C(F)(F)F)o1. The third kappa shape index (κ3) is 2.99. The standard InChI is InChI=1S/C7H10F3N3O/c1-4(2)11-3-5-12-13-6(14-5)7(8,9)10/h4,11H,3H2,1-2H3. The van der Waals surface area contributed by atoms with Crippen molar-refractivity contribution in [3.05, 3.63) is 11.8 Å². The highest BCUT2D eigenvalue weighted by atomic mass is 19.4. The normalized spacial score (nSPS) is 12.4. The topological polar surface area (TPSA) is 51.0 Å². The first-order chi connectivity index (χ1) is 6.39. The van der Waals surface area contributed by atoms with E-state index in [4.69, 9.17) is 0 Å². The molecule has 4 nitrogen and oxygen atoms in total. The monoisotopic (exact) mass is 209 g/mol. The number of hydrogen-bond acceptors (Lipinski definition) is 4. The third-order valence-electron chi connectivity index (χ3n) is 1.37. The molecule has 7 heteroatoms. The summed E-state index contributed by atoms with van der Waals surface area (Å²) in [6, 6.07) is 0.149. The van der Waals surface area contributed by atoms with Crippen LogP contribution >= 0.6 is 0 Å². The molecule has 14 heavy (non-hydrogen) atoms. The molecule has 0 bridgehead atoms. The van der Waals surface area contributed by atoms with Gasteiger partial charge in [-0.1, -0.05) is 13.8 Å². The molecule has 0 unspecified atom stereocenters. The van der Waals surface area contributed by atoms with Crippen LogP contribution in [0.4, 0.5) is 13.2 Å². The van der Waals surface area contributed by atoms with Gasteiger partial charge in [-0.25, -0.2) is 0 Å². The highest BCUT2D eigenvalue weighted by Gasteiger charge is 2.38. The molecule has 0 saturated heterocycles. The molecule has 0 aliphatic rings. The van der Waals surface area contributed by atoms with E-state index >= 15 is 0 Å². The molecule has 0 spiro atoms. The summed E-state index contributed by atoms with van der Waals surface area (Å²) < 4.78 is 40.3. The van der Waals surface area contributed by atoms with E-state index in [1.54, 1.807) is 0 Å². The van der Waals surface area contributed by atoms with E-state index in [1.807, 2.05) is 13.8 Å². The zero-order valence-electron chi connectivity index (χ0n) is 7.72. The van der Waals surface area contributed by atoms with Crippen LogP contribution in [0.2, 0.25) is 0 Å². The molecule has 0 amide bonds. The number of nitrogens with one attached hydrogen (secondary N) is 1. The maximum atomic E-state index is 12.0. The Morgan fingerprint density at radius 1 is 1.36 bits per heavy atom. The number of aromatic nitrogens is 2. The van der Waals surface area contributed by atoms with Crippen molar-refractivity contribution in [2.45, 2.75) is 32.6 Å². The van der Waals surface area contributed by atoms with Crippen molar-refractivity contribution in [2.24, 2.45) is 0 Å². The first-order valence-electron chi connectivity index (χ1n) is 4.02. The fourth-order valence-corrected chi connectivity index (χ4v) is 0.731. The Balaban J connectivity index is 2.60. The molecule has 1 rings (SSSR count). The van der Waals surface area contributed by atoms with E-state index in [9.17, 15) is 13.2 Å². The summed E-state index contributed by atoms with van der Waals surface area (Å²) >= 11 is 0. The van der Waals surface area contributed by atoms with Gasteiger partial charge >= 0.3 is 12.1 Å². The zero-order chi connectivity index (χ0) is 10.8. The van der Waals surface area contributed by atoms with Gasteiger partial charge in [0.15, 0.2) is 0 Å². The van der Waals surface area contributed by atoms with Crippen LogP contribution in [-0.2, 0) is 12.7 Å². The molecule has 1 aromatic heterocycles. The predicted octanol–water partition coefficient (Wildman–Crippen LogP) is 1.59. The maximum absolute atomic E-state index is 12.0. The highest BCUT2D eigenvalue weighted by Crippen LogP contribution is 2.27. The summed E-state index contributed by atoms with van der Waals surface area (Å²) in [5.74, 6) is -1.37. The van der Waals surface area contributed by atoms with Crippen molar-refractivity contribution in [2.75, 3.05) is 0 Å². The lowest BCUT2D eigenvalue weighted by atomic mass is 10.4. The van der Waals surface area contributed by atoms with Crippen molar-refractivity contribution in [1.82, 2.24) is 15.5 Å². The molecule has 1 N–H and O–H groups in total. The Bertz CT molecular complexity index is 295. The van der Waals surface area contributed by atoms with Crippen LogP contribution < -0.4 is 5.32 Å². The summed E-state index contributed by atoms with van der Waals surface area (Å²) in [6.45, 7) is 3.86. The van der Waals surface area contributed by atoms with Gasteiger partial charge in [0.1, 0.15) is 0 Å². The summed E-state index contributed by atoms with van der Waals surface area (Å²) in [7, 11) is 0. The molecule has 0 radical (unpaired) electrons. The van der Waals surface area contributed by atoms with E-state index in [0.717, 1.165) is 0 Å². The van der Waals surface area contributed by atoms with E-state index in [2.05, 4.69) is 19.9 Å². The zero-order valence-corrected chi connectivity index (χ0v) is 7.72. The van der Waals surface area contributed by atoms with Gasteiger partial charge in [-0.05, 0) is 0 Å². The Kier molecular flexibility index (Phi) is 3.10. The maximum Gasteiger partial charge on any atom is 0.470 e. The van der Waals surface area contributed by atoms with Gasteiger partial charge in [-0.2, -0.15) is 13.2 Å². The second kappa shape index (κ2) is 3.95. The smallest absolute Gasteiger partial charge is 0.416 e. The van der Waals surface area contributed by atoms with E-state index in [0.29, 0.717) is 0 Å². The molecule has 0 fully saturated rings. The quantitative estimate of drug-likeness (QED) is 0.821. The highest BCUT2D eigenvalue weighted by molar-refractivity contribution is 4.85. The van der Waals surface area contributed by atoms with Crippen molar-refractivity contribution in [3.63, 3.8) is 0 Å². The van der Waals surface area contributed by atoms with Crippen molar-refractivity contribution < 1.29 is 17.6 Å². The Labute approximate surface area is 78.5 Å². The minimum atomic E-state index is -4.57. The lowest BCUT2D eigenvalue weighted by Gasteiger charge is -2.03. The molecule has 80 valence electrons. The van der Waals surface area contributed by atoms with Crippen LogP contribution in [0, 0.1) is 0 Å². The summed E-state index contributed by atoms with van der Waals surface area (Å²) in [5, 5.41) is 9.00. The molecule has 0 saturated carbocycles. The van der Waals surface area contributed by atoms with Gasteiger partial charge in [0.2, 0.25) is 5.89 Å². The molecular formula is C7H10F3N3O. The van der Waals surface area contributed by atoms with Crippen LogP contribution in [0.5, 0.6) is 0 Å². The van der Waals surface area contributed by atoms with Gasteiger partial charge in [0, 0.05) is 6.04 Å². The van der Waals surface area contributed by atoms with Crippen LogP contribution in [0.1, 0.15) is 25.6 Å². The van der Waals surface area contributed by atoms with E-state index < -0.39 is 12.1 Å². The number of halogens is 3. The average molecular weight is 209 g/mol. The minimum Gasteiger partial charge on any atom is -0.416 e. The first kappa shape index (κ1) is 11.0. The van der Waals surface area contributed by atoms with Gasteiger partial charge in [-0.15, -0.1) is 10.2 Å². The average Bonchev–Trinajstić information content (AvgIpc) is 2.47. The lowest BCUT2D eigenvalue weighted by Crippen LogP contribution is -2.21. The molecule has 0 atom stereocenters. The van der Waals surface area contributed by atoms with Gasteiger partial charge in [0.05, 0.1) is 6.54 Å². The first-order valence-corrected chi connectivity index (χ1v) is 4.02. The largest absolute Gasteiger partial charge is 0.470 e. The van der Waals surface area contributed by atoms with Crippen LogP contribution in [-0.4, -0.2) is 16.2 Å². The van der Waals surface area contributed by atoms with E-state index in [1.165, 1.54) is 0 Å². The van der Waals surface area contributed by atoms with Crippen molar-refractivity contribution in [3.8, 4) is 0 Å². The fraction of sp³-hybridized carbons (Fsp3) is 0.714. The van der Waals surface area contributed by atoms with Crippen LogP contribution in [0.15, 0.2) is 4.42 Å². The Morgan fingerprint density at radius 3 is 2.43 bits per heavy atom. The second-order valence-electron chi connectivity index (χ2n) is 3.03. The molecular weight excluding hydrogens is 199 g/mol. The van der Waals surface area contributed by atoms with Gasteiger partial charge in [0.25, 0.3) is 0 Å². The van der Waals surface area contributed by atoms with E-state index in [-0.39, 0.29) is 18.5 Å². The molecule has 0 aliphatic heterocycles. The third-order valence-corrected chi connectivity index (χ3v) is 1.37. The van der Waals surface area contributed by atoms with Gasteiger partial charge in [-0.3, -0.25) is 0 Å². The van der Waals surface area contributed by atoms with Crippen molar-refractivity contribution in [1.29, 1.82) is 0 Å². The molecule has 1 heterocycles. The fourth-order valence-electron chi connectivity index (χ4n) is 0.731. The minimum absolute atomic E-state index is 0.0639. The van der Waals surface area contributed by atoms with Crippen LogP contribution in [0.3, 0.4) is 0 Å². The summed E-state index contributed by atoms with van der Waals surface area (Å²) in [5.41, 5.74) is 0. The van der Waals surface area contributed by atoms with Gasteiger partial charge < -0.3 is 9.73 Å². The number of alkyl halides is 3. The second-order valence-corrected chi connectivity index (χ2v) is 3.03. The Morgan fingerprint density at radius 2 is 2.00 bits per heavy atom. The molecule has 0 aliphatic carbocycles. The number of rotatable bonds is 3. The Hall–Kier alpha value is -1.11. The number of hydrogen-bond donors (Lipinski definition) is 1. The number of nitrogens with zero attached hydrogens (tertiary/aromatic N) is 2. The van der Waals surface area contributed by atoms with Crippen LogP contribution in [0.25, 0.3) is 0 Å². The molecule has 0 aromatic carbocycles. The van der Waals surface area contributed by atoms with Crippen molar-refractivity contribution >= 4 is 0 Å². The predicted molar refractivity (Wildman–Crippen MR) is 41.3 cm³/mol.